The molecule has 6 aromatic carbocycles. The molecule has 0 spiro atoms. The van der Waals surface area contributed by atoms with Crippen LogP contribution in [0.3, 0.4) is 0 Å². The predicted octanol–water partition coefficient (Wildman–Crippen LogP) is 12.6. The van der Waals surface area contributed by atoms with Gasteiger partial charge in [0.1, 0.15) is 17.0 Å². The van der Waals surface area contributed by atoms with Crippen molar-refractivity contribution in [1.29, 1.82) is 5.41 Å². The molecule has 1 heterocycles. The normalized spacial score (nSPS) is 13.4. The first-order valence-electron chi connectivity index (χ1n) is 19.0. The molecular formula is C50H51N3O. The number of hydrogen-bond donors (Lipinski definition) is 3. The molecule has 0 saturated heterocycles. The van der Waals surface area contributed by atoms with E-state index in [0.717, 1.165) is 45.9 Å². The molecule has 2 aliphatic carbocycles. The van der Waals surface area contributed by atoms with Crippen molar-refractivity contribution >= 4 is 38.9 Å². The molecule has 7 aromatic rings. The first kappa shape index (κ1) is 37.8. The largest absolute Gasteiger partial charge is 0.456 e. The molecule has 0 amide bonds. The summed E-state index contributed by atoms with van der Waals surface area (Å²) in [5, 5.41) is 9.30. The van der Waals surface area contributed by atoms with Gasteiger partial charge in [-0.1, -0.05) is 167 Å². The Balaban J connectivity index is 0.000000155. The molecule has 0 unspecified atom stereocenters. The number of amidine groups is 1. The number of furan rings is 1. The number of benzene rings is 6. The van der Waals surface area contributed by atoms with Crippen LogP contribution in [0.4, 0.5) is 0 Å². The summed E-state index contributed by atoms with van der Waals surface area (Å²) in [6, 6.07) is 48.0. The second-order valence-corrected chi connectivity index (χ2v) is 14.0. The fraction of sp³-hybridized carbons (Fsp3) is 0.180. The Morgan fingerprint density at radius 3 is 2.09 bits per heavy atom. The van der Waals surface area contributed by atoms with E-state index < -0.39 is 0 Å². The van der Waals surface area contributed by atoms with Crippen LogP contribution in [0.25, 0.3) is 44.2 Å². The van der Waals surface area contributed by atoms with Crippen molar-refractivity contribution in [3.05, 3.63) is 191 Å². The Morgan fingerprint density at radius 2 is 1.39 bits per heavy atom. The highest BCUT2D eigenvalue weighted by atomic mass is 16.3. The van der Waals surface area contributed by atoms with E-state index in [4.69, 9.17) is 21.3 Å². The van der Waals surface area contributed by atoms with Crippen LogP contribution in [0.1, 0.15) is 79.5 Å². The zero-order valence-electron chi connectivity index (χ0n) is 32.1. The van der Waals surface area contributed by atoms with Gasteiger partial charge in [0, 0.05) is 28.3 Å². The monoisotopic (exact) mass is 709 g/mol. The van der Waals surface area contributed by atoms with Gasteiger partial charge in [0.25, 0.3) is 0 Å². The molecule has 2 aliphatic rings. The maximum atomic E-state index is 7.01. The molecule has 4 nitrogen and oxygen atoms in total. The molecule has 0 atom stereocenters. The SMILES string of the molecule is CC.Cc1ccc2c(c1)C(C)(C)c1ccccc1-2.N=C(N)c1ccccc1.NCc1cccc2oc3ccc(C4=CCCC(c5ccccc5)=C4)cc3c12. The fourth-order valence-electron chi connectivity index (χ4n) is 7.47. The molecule has 272 valence electrons. The lowest BCUT2D eigenvalue weighted by molar-refractivity contribution is 0.660. The van der Waals surface area contributed by atoms with Crippen LogP contribution < -0.4 is 11.5 Å². The summed E-state index contributed by atoms with van der Waals surface area (Å²) in [5.41, 5.74) is 27.3. The molecule has 1 aromatic heterocycles. The summed E-state index contributed by atoms with van der Waals surface area (Å²) >= 11 is 0. The summed E-state index contributed by atoms with van der Waals surface area (Å²) in [6.45, 7) is 11.3. The fourth-order valence-corrected chi connectivity index (χ4v) is 7.47. The third-order valence-corrected chi connectivity index (χ3v) is 10.2. The van der Waals surface area contributed by atoms with Crippen molar-refractivity contribution in [2.24, 2.45) is 11.5 Å². The van der Waals surface area contributed by atoms with E-state index in [0.29, 0.717) is 6.54 Å². The van der Waals surface area contributed by atoms with E-state index in [2.05, 4.69) is 130 Å². The number of fused-ring (bicyclic) bond motifs is 6. The number of nitrogens with two attached hydrogens (primary N) is 2. The van der Waals surface area contributed by atoms with Crippen LogP contribution in [-0.4, -0.2) is 5.84 Å². The summed E-state index contributed by atoms with van der Waals surface area (Å²) in [7, 11) is 0. The van der Waals surface area contributed by atoms with Gasteiger partial charge in [0.2, 0.25) is 0 Å². The van der Waals surface area contributed by atoms with Crippen LogP contribution in [0.2, 0.25) is 0 Å². The highest BCUT2D eigenvalue weighted by Crippen LogP contribution is 2.48. The van der Waals surface area contributed by atoms with Gasteiger partial charge in [-0.05, 0) is 88.1 Å². The number of nitrogens with one attached hydrogen (secondary N) is 1. The van der Waals surface area contributed by atoms with E-state index >= 15 is 0 Å². The third kappa shape index (κ3) is 7.85. The lowest BCUT2D eigenvalue weighted by Gasteiger charge is -2.21. The molecule has 54 heavy (non-hydrogen) atoms. The number of nitrogen functional groups attached to an aromatic ring is 1. The maximum Gasteiger partial charge on any atom is 0.135 e. The van der Waals surface area contributed by atoms with Crippen LogP contribution in [-0.2, 0) is 12.0 Å². The minimum Gasteiger partial charge on any atom is -0.456 e. The molecule has 4 heteroatoms. The number of allylic oxidation sites excluding steroid dienone is 4. The van der Waals surface area contributed by atoms with Gasteiger partial charge in [-0.25, -0.2) is 0 Å². The van der Waals surface area contributed by atoms with Gasteiger partial charge >= 0.3 is 0 Å². The van der Waals surface area contributed by atoms with Gasteiger partial charge in [-0.3, -0.25) is 5.41 Å². The predicted molar refractivity (Wildman–Crippen MR) is 231 cm³/mol. The van der Waals surface area contributed by atoms with Crippen molar-refractivity contribution in [3.8, 4) is 11.1 Å². The Labute approximate surface area is 320 Å². The molecule has 9 rings (SSSR count). The number of rotatable bonds is 4. The second-order valence-electron chi connectivity index (χ2n) is 14.0. The summed E-state index contributed by atoms with van der Waals surface area (Å²) < 4.78 is 6.04. The van der Waals surface area contributed by atoms with E-state index in [1.165, 1.54) is 50.1 Å². The Kier molecular flexibility index (Phi) is 11.7. The smallest absolute Gasteiger partial charge is 0.135 e. The van der Waals surface area contributed by atoms with E-state index in [9.17, 15) is 0 Å². The molecule has 0 bridgehead atoms. The highest BCUT2D eigenvalue weighted by Gasteiger charge is 2.34. The van der Waals surface area contributed by atoms with Crippen molar-refractivity contribution in [1.82, 2.24) is 0 Å². The molecule has 0 saturated carbocycles. The second kappa shape index (κ2) is 16.8. The minimum atomic E-state index is 0.121. The van der Waals surface area contributed by atoms with Crippen molar-refractivity contribution < 1.29 is 4.42 Å². The summed E-state index contributed by atoms with van der Waals surface area (Å²) in [6.07, 6.45) is 6.81. The van der Waals surface area contributed by atoms with Crippen molar-refractivity contribution in [2.75, 3.05) is 0 Å². The number of hydrogen-bond acceptors (Lipinski definition) is 3. The first-order chi connectivity index (χ1) is 26.2. The lowest BCUT2D eigenvalue weighted by Crippen LogP contribution is -2.14. The van der Waals surface area contributed by atoms with Crippen LogP contribution >= 0.6 is 0 Å². The molecule has 0 aliphatic heterocycles. The van der Waals surface area contributed by atoms with E-state index in [-0.39, 0.29) is 11.3 Å². The maximum absolute atomic E-state index is 7.01. The molecule has 5 N–H and O–H groups in total. The quantitative estimate of drug-likeness (QED) is 0.126. The average Bonchev–Trinajstić information content (AvgIpc) is 3.71. The molecule has 0 radical (unpaired) electrons. The first-order valence-corrected chi connectivity index (χ1v) is 19.0. The van der Waals surface area contributed by atoms with Crippen LogP contribution in [0.5, 0.6) is 0 Å². The number of aryl methyl sites for hydroxylation is 1. The zero-order chi connectivity index (χ0) is 38.2. The van der Waals surface area contributed by atoms with Gasteiger partial charge in [0.15, 0.2) is 0 Å². The van der Waals surface area contributed by atoms with Crippen molar-refractivity contribution in [3.63, 3.8) is 0 Å². The summed E-state index contributed by atoms with van der Waals surface area (Å²) in [4.78, 5) is 0. The molecular weight excluding hydrogens is 659 g/mol. The third-order valence-electron chi connectivity index (χ3n) is 10.2. The standard InChI is InChI=1S/C25H21NO.C16H16.C7H8N2.C2H6/c26-16-21-10-5-11-24-25(21)22-15-20(12-13-23(22)27-24)19-9-4-8-18(14-19)17-6-2-1-3-7-17;1-11-8-9-13-12-6-4-5-7-14(12)16(2,3)15(13)10-11;8-7(9)6-4-2-1-3-5-6;1-2/h1-3,5-7,9-15H,4,8,16,26H2;4-10H,1-3H3;1-5H,(H3,8,9);1-2H3. The van der Waals surface area contributed by atoms with Gasteiger partial charge in [-0.15, -0.1) is 0 Å². The van der Waals surface area contributed by atoms with Gasteiger partial charge < -0.3 is 15.9 Å². The van der Waals surface area contributed by atoms with Crippen LogP contribution in [0, 0.1) is 12.3 Å². The summed E-state index contributed by atoms with van der Waals surface area (Å²) in [5.74, 6) is 0.121. The molecule has 0 fully saturated rings. The lowest BCUT2D eigenvalue weighted by atomic mass is 9.82. The topological polar surface area (TPSA) is 89.0 Å². The zero-order valence-corrected chi connectivity index (χ0v) is 32.1. The van der Waals surface area contributed by atoms with Crippen LogP contribution in [0.15, 0.2) is 156 Å². The minimum absolute atomic E-state index is 0.121. The average molecular weight is 710 g/mol. The Hall–Kier alpha value is -5.97. The van der Waals surface area contributed by atoms with Gasteiger partial charge in [0.05, 0.1) is 0 Å². The highest BCUT2D eigenvalue weighted by molar-refractivity contribution is 6.08. The van der Waals surface area contributed by atoms with E-state index in [1.54, 1.807) is 0 Å². The Morgan fingerprint density at radius 1 is 0.704 bits per heavy atom. The van der Waals surface area contributed by atoms with Crippen molar-refractivity contribution in [2.45, 2.75) is 59.4 Å². The van der Waals surface area contributed by atoms with Gasteiger partial charge in [-0.2, -0.15) is 0 Å². The Bertz CT molecular complexity index is 2450. The van der Waals surface area contributed by atoms with E-state index in [1.807, 2.05) is 56.3 Å².